The summed E-state index contributed by atoms with van der Waals surface area (Å²) >= 11 is 0. The van der Waals surface area contributed by atoms with Crippen LogP contribution >= 0.6 is 0 Å². The Morgan fingerprint density at radius 2 is 2.00 bits per heavy atom. The fraction of sp³-hybridized carbons (Fsp3) is 0.545. The number of piperidine rings is 1. The highest BCUT2D eigenvalue weighted by atomic mass is 16.6. The van der Waals surface area contributed by atoms with Crippen LogP contribution in [0.1, 0.15) is 46.5 Å². The molecule has 28 heavy (non-hydrogen) atoms. The van der Waals surface area contributed by atoms with E-state index in [2.05, 4.69) is 0 Å². The van der Waals surface area contributed by atoms with Crippen LogP contribution in [0.5, 0.6) is 5.75 Å². The first-order valence-corrected chi connectivity index (χ1v) is 9.99. The molecular weight excluding hydrogens is 358 g/mol. The lowest BCUT2D eigenvalue weighted by molar-refractivity contribution is 0.0339. The Kier molecular flexibility index (Phi) is 3.61. The van der Waals surface area contributed by atoms with E-state index in [1.165, 1.54) is 6.07 Å². The van der Waals surface area contributed by atoms with Gasteiger partial charge in [-0.15, -0.1) is 0 Å². The predicted molar refractivity (Wildman–Crippen MR) is 103 cm³/mol. The number of fused-ring (bicyclic) bond motifs is 1. The number of carbonyl (C=O) groups is 1. The first-order valence-electron chi connectivity index (χ1n) is 9.99. The van der Waals surface area contributed by atoms with Gasteiger partial charge in [0.25, 0.3) is 0 Å². The van der Waals surface area contributed by atoms with Gasteiger partial charge in [0, 0.05) is 23.9 Å². The van der Waals surface area contributed by atoms with Gasteiger partial charge in [-0.05, 0) is 64.2 Å². The normalized spacial score (nSPS) is 30.8. The first-order chi connectivity index (χ1) is 13.3. The van der Waals surface area contributed by atoms with Crippen molar-refractivity contribution in [3.8, 4) is 5.75 Å². The zero-order valence-electron chi connectivity index (χ0n) is 16.4. The molecule has 0 bridgehead atoms. The highest BCUT2D eigenvalue weighted by Gasteiger charge is 2.75. The number of carbonyl (C=O) groups excluding carboxylic acids is 1. The number of benzene rings is 1. The van der Waals surface area contributed by atoms with Crippen LogP contribution in [0.25, 0.3) is 11.0 Å². The van der Waals surface area contributed by atoms with Crippen molar-refractivity contribution in [1.29, 1.82) is 0 Å². The van der Waals surface area contributed by atoms with Crippen LogP contribution in [0, 0.1) is 5.92 Å². The molecule has 1 aromatic heterocycles. The number of amides is 1. The molecule has 6 nitrogen and oxygen atoms in total. The third kappa shape index (κ3) is 2.69. The van der Waals surface area contributed by atoms with Crippen LogP contribution in [0.3, 0.4) is 0 Å². The van der Waals surface area contributed by atoms with E-state index in [0.717, 1.165) is 31.1 Å². The van der Waals surface area contributed by atoms with Crippen LogP contribution in [0.4, 0.5) is 4.79 Å². The summed E-state index contributed by atoms with van der Waals surface area (Å²) in [5, 5.41) is 0.868. The Labute approximate surface area is 163 Å². The number of hydrogen-bond donors (Lipinski definition) is 0. The molecule has 3 fully saturated rings. The van der Waals surface area contributed by atoms with Gasteiger partial charge < -0.3 is 13.9 Å². The number of hydrogen-bond acceptors (Lipinski definition) is 5. The van der Waals surface area contributed by atoms with E-state index in [0.29, 0.717) is 17.3 Å². The Balaban J connectivity index is 1.32. The summed E-state index contributed by atoms with van der Waals surface area (Å²) in [6, 6.07) is 9.03. The quantitative estimate of drug-likeness (QED) is 0.577. The summed E-state index contributed by atoms with van der Waals surface area (Å²) < 4.78 is 17.1. The number of likely N-dealkylation sites (tertiary alicyclic amines) is 1. The van der Waals surface area contributed by atoms with Crippen LogP contribution in [0.15, 0.2) is 39.5 Å². The summed E-state index contributed by atoms with van der Waals surface area (Å²) in [7, 11) is 0. The van der Waals surface area contributed by atoms with Crippen LogP contribution in [-0.4, -0.2) is 34.3 Å². The molecule has 2 aliphatic carbocycles. The second-order valence-corrected chi connectivity index (χ2v) is 9.27. The smallest absolute Gasteiger partial charge is 0.411 e. The minimum absolute atomic E-state index is 0.0492. The van der Waals surface area contributed by atoms with Crippen molar-refractivity contribution in [1.82, 2.24) is 4.90 Å². The highest BCUT2D eigenvalue weighted by molar-refractivity contribution is 5.78. The Morgan fingerprint density at radius 1 is 1.21 bits per heavy atom. The van der Waals surface area contributed by atoms with Gasteiger partial charge in [-0.2, -0.15) is 0 Å². The van der Waals surface area contributed by atoms with Crippen molar-refractivity contribution >= 4 is 17.1 Å². The van der Waals surface area contributed by atoms with Gasteiger partial charge in [-0.25, -0.2) is 9.59 Å². The van der Waals surface area contributed by atoms with Gasteiger partial charge in [0.2, 0.25) is 0 Å². The van der Waals surface area contributed by atoms with E-state index in [4.69, 9.17) is 13.9 Å². The van der Waals surface area contributed by atoms with Crippen molar-refractivity contribution in [2.24, 2.45) is 5.92 Å². The van der Waals surface area contributed by atoms with Crippen molar-refractivity contribution in [2.45, 2.75) is 69.7 Å². The topological polar surface area (TPSA) is 68.8 Å². The molecule has 0 N–H and O–H groups in total. The third-order valence-corrected chi connectivity index (χ3v) is 6.35. The predicted octanol–water partition coefficient (Wildman–Crippen LogP) is 4.10. The third-order valence-electron chi connectivity index (χ3n) is 6.35. The number of rotatable bonds is 2. The Hall–Kier alpha value is -2.50. The molecule has 1 saturated heterocycles. The molecular formula is C22H25NO5. The summed E-state index contributed by atoms with van der Waals surface area (Å²) in [5.74, 6) is 1.16. The largest absolute Gasteiger partial charge is 0.490 e. The SMILES string of the molecule is CC(C)(C)OC(=O)N1[C@@H]2CC[C@H]3C[C@H](Oc4ccc5ccc(=O)oc5c4)CC321. The van der Waals surface area contributed by atoms with Gasteiger partial charge in [-0.3, -0.25) is 4.90 Å². The molecule has 4 atom stereocenters. The fourth-order valence-corrected chi connectivity index (χ4v) is 5.36. The van der Waals surface area contributed by atoms with Gasteiger partial charge in [0.05, 0.1) is 11.6 Å². The lowest BCUT2D eigenvalue weighted by Gasteiger charge is -2.23. The number of nitrogens with zero attached hydrogens (tertiary/aromatic N) is 1. The number of ether oxygens (including phenoxy) is 2. The van der Waals surface area contributed by atoms with Gasteiger partial charge in [0.15, 0.2) is 0 Å². The van der Waals surface area contributed by atoms with Gasteiger partial charge >= 0.3 is 11.7 Å². The summed E-state index contributed by atoms with van der Waals surface area (Å²) in [5.41, 5.74) is -0.408. The monoisotopic (exact) mass is 383 g/mol. The summed E-state index contributed by atoms with van der Waals surface area (Å²) in [6.07, 6.45) is 3.81. The molecule has 1 aliphatic heterocycles. The maximum atomic E-state index is 12.6. The highest BCUT2D eigenvalue weighted by Crippen LogP contribution is 2.64. The van der Waals surface area contributed by atoms with Crippen molar-refractivity contribution in [2.75, 3.05) is 0 Å². The molecule has 1 amide bonds. The molecule has 148 valence electrons. The Bertz CT molecular complexity index is 1010. The lowest BCUT2D eigenvalue weighted by atomic mass is 9.98. The van der Waals surface area contributed by atoms with Gasteiger partial charge in [-0.1, -0.05) is 0 Å². The molecule has 5 rings (SSSR count). The van der Waals surface area contributed by atoms with Gasteiger partial charge in [0.1, 0.15) is 23.0 Å². The van der Waals surface area contributed by atoms with E-state index in [1.54, 1.807) is 12.1 Å². The second-order valence-electron chi connectivity index (χ2n) is 9.27. The molecule has 1 unspecified atom stereocenters. The maximum absolute atomic E-state index is 12.6. The second kappa shape index (κ2) is 5.75. The summed E-state index contributed by atoms with van der Waals surface area (Å²) in [4.78, 5) is 26.1. The lowest BCUT2D eigenvalue weighted by Crippen LogP contribution is -2.33. The van der Waals surface area contributed by atoms with Crippen LogP contribution < -0.4 is 10.4 Å². The molecule has 2 heterocycles. The van der Waals surface area contributed by atoms with Crippen LogP contribution in [-0.2, 0) is 4.74 Å². The fourth-order valence-electron chi connectivity index (χ4n) is 5.36. The zero-order chi connectivity index (χ0) is 19.7. The van der Waals surface area contributed by atoms with E-state index in [1.807, 2.05) is 37.8 Å². The van der Waals surface area contributed by atoms with E-state index in [-0.39, 0.29) is 29.4 Å². The van der Waals surface area contributed by atoms with Crippen molar-refractivity contribution in [3.63, 3.8) is 0 Å². The van der Waals surface area contributed by atoms with Crippen molar-refractivity contribution in [3.05, 3.63) is 40.8 Å². The molecule has 2 aromatic rings. The van der Waals surface area contributed by atoms with Crippen molar-refractivity contribution < 1.29 is 18.7 Å². The van der Waals surface area contributed by atoms with E-state index < -0.39 is 5.60 Å². The zero-order valence-corrected chi connectivity index (χ0v) is 16.4. The average molecular weight is 383 g/mol. The molecule has 3 aliphatic rings. The average Bonchev–Trinajstić information content (AvgIpc) is 2.87. The maximum Gasteiger partial charge on any atom is 0.411 e. The Morgan fingerprint density at radius 3 is 2.79 bits per heavy atom. The van der Waals surface area contributed by atoms with E-state index >= 15 is 0 Å². The molecule has 0 radical (unpaired) electrons. The molecule has 6 heteroatoms. The van der Waals surface area contributed by atoms with Crippen LogP contribution in [0.2, 0.25) is 0 Å². The standard InChI is InChI=1S/C22H25NO5/c1-21(2,3)28-20(25)23-18-8-6-14-10-16(12-22(14,18)23)26-15-7-4-13-5-9-19(24)27-17(13)11-15/h4-5,7,9,11,14,16,18H,6,8,10,12H2,1-3H3/t14-,16-,18+,22?,23?/m0/s1. The minimum atomic E-state index is -0.483. The summed E-state index contributed by atoms with van der Waals surface area (Å²) in [6.45, 7) is 5.70. The van der Waals surface area contributed by atoms with E-state index in [9.17, 15) is 9.59 Å². The minimum Gasteiger partial charge on any atom is -0.490 e. The first kappa shape index (κ1) is 17.6. The molecule has 2 saturated carbocycles. The molecule has 1 aromatic carbocycles. The molecule has 1 spiro atoms.